The molecular formula is C11H12F3NO4. The summed E-state index contributed by atoms with van der Waals surface area (Å²) in [5.41, 5.74) is 0.346. The summed E-state index contributed by atoms with van der Waals surface area (Å²) in [6, 6.07) is 3.75. The highest BCUT2D eigenvalue weighted by molar-refractivity contribution is 5.77. The molecule has 0 radical (unpaired) electrons. The Balaban J connectivity index is 2.68. The number of halogens is 3. The number of rotatable bonds is 6. The van der Waals surface area contributed by atoms with E-state index < -0.39 is 18.4 Å². The molecule has 0 bridgehead atoms. The lowest BCUT2D eigenvalue weighted by atomic mass is 10.2. The molecule has 0 aromatic heterocycles. The Morgan fingerprint density at radius 1 is 1.37 bits per heavy atom. The number of alkyl halides is 3. The van der Waals surface area contributed by atoms with E-state index in [1.54, 1.807) is 0 Å². The second-order valence-corrected chi connectivity index (χ2v) is 3.56. The monoisotopic (exact) mass is 279 g/mol. The molecule has 5 nitrogen and oxygen atoms in total. The van der Waals surface area contributed by atoms with E-state index in [1.165, 1.54) is 19.2 Å². The predicted octanol–water partition coefficient (Wildman–Crippen LogP) is 2.10. The average molecular weight is 279 g/mol. The van der Waals surface area contributed by atoms with Gasteiger partial charge in [0.2, 0.25) is 0 Å². The van der Waals surface area contributed by atoms with Crippen LogP contribution in [0, 0.1) is 0 Å². The van der Waals surface area contributed by atoms with Crippen molar-refractivity contribution in [2.45, 2.75) is 12.4 Å². The van der Waals surface area contributed by atoms with Crippen LogP contribution in [0.15, 0.2) is 24.3 Å². The molecule has 8 heteroatoms. The van der Waals surface area contributed by atoms with Gasteiger partial charge in [0.25, 0.3) is 0 Å². The fourth-order valence-corrected chi connectivity index (χ4v) is 1.30. The van der Waals surface area contributed by atoms with Crippen molar-refractivity contribution in [3.8, 4) is 5.75 Å². The molecule has 0 aliphatic rings. The van der Waals surface area contributed by atoms with E-state index in [0.29, 0.717) is 5.69 Å². The number of hydrogen-bond acceptors (Lipinski definition) is 4. The largest absolute Gasteiger partial charge is 0.573 e. The van der Waals surface area contributed by atoms with Crippen LogP contribution in [0.1, 0.15) is 0 Å². The third-order valence-corrected chi connectivity index (χ3v) is 2.06. The van der Waals surface area contributed by atoms with Crippen LogP contribution >= 0.6 is 0 Å². The van der Waals surface area contributed by atoms with Gasteiger partial charge >= 0.3 is 12.3 Å². The molecule has 1 aromatic rings. The third-order valence-electron chi connectivity index (χ3n) is 2.06. The molecule has 0 amide bonds. The maximum Gasteiger partial charge on any atom is 0.573 e. The highest BCUT2D eigenvalue weighted by Gasteiger charge is 2.31. The number of carbonyl (C=O) groups is 1. The van der Waals surface area contributed by atoms with Crippen LogP contribution in [0.3, 0.4) is 0 Å². The van der Waals surface area contributed by atoms with Crippen molar-refractivity contribution < 1.29 is 32.5 Å². The zero-order valence-electron chi connectivity index (χ0n) is 9.90. The molecule has 0 saturated heterocycles. The summed E-state index contributed by atoms with van der Waals surface area (Å²) < 4.78 is 44.2. The molecule has 0 fully saturated rings. The molecule has 19 heavy (non-hydrogen) atoms. The van der Waals surface area contributed by atoms with Gasteiger partial charge in [-0.25, -0.2) is 4.79 Å². The van der Waals surface area contributed by atoms with E-state index in [4.69, 9.17) is 9.84 Å². The van der Waals surface area contributed by atoms with Gasteiger partial charge in [0.1, 0.15) is 11.8 Å². The quantitative estimate of drug-likeness (QED) is 0.834. The smallest absolute Gasteiger partial charge is 0.480 e. The van der Waals surface area contributed by atoms with Gasteiger partial charge in [-0.1, -0.05) is 0 Å². The van der Waals surface area contributed by atoms with Gasteiger partial charge in [0.05, 0.1) is 6.61 Å². The normalized spacial score (nSPS) is 12.8. The fourth-order valence-electron chi connectivity index (χ4n) is 1.30. The minimum Gasteiger partial charge on any atom is -0.480 e. The van der Waals surface area contributed by atoms with E-state index in [9.17, 15) is 18.0 Å². The molecule has 106 valence electrons. The van der Waals surface area contributed by atoms with E-state index >= 15 is 0 Å². The molecule has 0 spiro atoms. The Morgan fingerprint density at radius 3 is 2.37 bits per heavy atom. The van der Waals surface area contributed by atoms with Gasteiger partial charge in [-0.15, -0.1) is 13.2 Å². The van der Waals surface area contributed by atoms with Crippen molar-refractivity contribution in [1.82, 2.24) is 0 Å². The number of carboxylic acids is 1. The number of aliphatic carboxylic acids is 1. The Kier molecular flexibility index (Phi) is 4.99. The predicted molar refractivity (Wildman–Crippen MR) is 60.0 cm³/mol. The maximum absolute atomic E-state index is 11.9. The lowest BCUT2D eigenvalue weighted by Gasteiger charge is -2.15. The van der Waals surface area contributed by atoms with E-state index in [-0.39, 0.29) is 12.4 Å². The summed E-state index contributed by atoms with van der Waals surface area (Å²) in [6.45, 7) is -0.0733. The molecular weight excluding hydrogens is 267 g/mol. The highest BCUT2D eigenvalue weighted by Crippen LogP contribution is 2.24. The van der Waals surface area contributed by atoms with Crippen LogP contribution in [-0.4, -0.2) is 37.2 Å². The number of hydrogen-bond donors (Lipinski definition) is 2. The molecule has 1 unspecified atom stereocenters. The number of benzene rings is 1. The Labute approximate surface area is 106 Å². The van der Waals surface area contributed by atoms with Crippen LogP contribution in [0.2, 0.25) is 0 Å². The minimum absolute atomic E-state index is 0.0733. The van der Waals surface area contributed by atoms with Crippen molar-refractivity contribution >= 4 is 11.7 Å². The number of anilines is 1. The first-order valence-electron chi connectivity index (χ1n) is 5.16. The zero-order valence-corrected chi connectivity index (χ0v) is 9.90. The Morgan fingerprint density at radius 2 is 1.95 bits per heavy atom. The first kappa shape index (κ1) is 15.1. The first-order chi connectivity index (χ1) is 8.81. The van der Waals surface area contributed by atoms with Crippen LogP contribution in [0.25, 0.3) is 0 Å². The summed E-state index contributed by atoms with van der Waals surface area (Å²) in [5, 5.41) is 11.5. The summed E-state index contributed by atoms with van der Waals surface area (Å²) >= 11 is 0. The number of methoxy groups -OCH3 is 1. The standard InChI is InChI=1S/C11H12F3NO4/c1-18-6-9(10(16)17)15-7-2-4-8(5-3-7)19-11(12,13)14/h2-5,9,15H,6H2,1H3,(H,16,17). The van der Waals surface area contributed by atoms with Gasteiger partial charge in [-0.2, -0.15) is 0 Å². The molecule has 0 heterocycles. The molecule has 1 aromatic carbocycles. The van der Waals surface area contributed by atoms with Gasteiger partial charge in [0.15, 0.2) is 0 Å². The lowest BCUT2D eigenvalue weighted by molar-refractivity contribution is -0.274. The average Bonchev–Trinajstić information content (AvgIpc) is 2.29. The van der Waals surface area contributed by atoms with E-state index in [2.05, 4.69) is 10.1 Å². The first-order valence-corrected chi connectivity index (χ1v) is 5.16. The Bertz CT molecular complexity index is 419. The number of nitrogens with one attached hydrogen (secondary N) is 1. The van der Waals surface area contributed by atoms with Crippen molar-refractivity contribution in [1.29, 1.82) is 0 Å². The molecule has 0 saturated carbocycles. The summed E-state index contributed by atoms with van der Waals surface area (Å²) in [5.74, 6) is -1.51. The minimum atomic E-state index is -4.76. The van der Waals surface area contributed by atoms with Crippen LogP contribution in [-0.2, 0) is 9.53 Å². The third kappa shape index (κ3) is 5.47. The maximum atomic E-state index is 11.9. The van der Waals surface area contributed by atoms with Gasteiger partial charge in [-0.3, -0.25) is 0 Å². The summed E-state index contributed by atoms with van der Waals surface area (Å²) in [4.78, 5) is 10.8. The fraction of sp³-hybridized carbons (Fsp3) is 0.364. The van der Waals surface area contributed by atoms with Crippen molar-refractivity contribution in [3.05, 3.63) is 24.3 Å². The summed E-state index contributed by atoms with van der Waals surface area (Å²) in [6.07, 6.45) is -4.76. The SMILES string of the molecule is COCC(Nc1ccc(OC(F)(F)F)cc1)C(=O)O. The molecule has 0 aliphatic carbocycles. The van der Waals surface area contributed by atoms with E-state index in [0.717, 1.165) is 12.1 Å². The van der Waals surface area contributed by atoms with Crippen molar-refractivity contribution in [3.63, 3.8) is 0 Å². The lowest BCUT2D eigenvalue weighted by Crippen LogP contribution is -2.33. The van der Waals surface area contributed by atoms with Crippen LogP contribution in [0.5, 0.6) is 5.75 Å². The molecule has 1 rings (SSSR count). The zero-order chi connectivity index (χ0) is 14.5. The van der Waals surface area contributed by atoms with Gasteiger partial charge in [0, 0.05) is 12.8 Å². The second kappa shape index (κ2) is 6.28. The van der Waals surface area contributed by atoms with Crippen molar-refractivity contribution in [2.24, 2.45) is 0 Å². The summed E-state index contributed by atoms with van der Waals surface area (Å²) in [7, 11) is 1.35. The molecule has 0 aliphatic heterocycles. The number of carboxylic acid groups (broad SMARTS) is 1. The molecule has 1 atom stereocenters. The van der Waals surface area contributed by atoms with Crippen LogP contribution in [0.4, 0.5) is 18.9 Å². The van der Waals surface area contributed by atoms with Gasteiger partial charge in [-0.05, 0) is 24.3 Å². The van der Waals surface area contributed by atoms with Crippen molar-refractivity contribution in [2.75, 3.05) is 19.0 Å². The topological polar surface area (TPSA) is 67.8 Å². The van der Waals surface area contributed by atoms with Crippen LogP contribution < -0.4 is 10.1 Å². The Hall–Kier alpha value is -1.96. The second-order valence-electron chi connectivity index (χ2n) is 3.56. The van der Waals surface area contributed by atoms with Gasteiger partial charge < -0.3 is 19.9 Å². The molecule has 2 N–H and O–H groups in total. The van der Waals surface area contributed by atoms with E-state index in [1.807, 2.05) is 0 Å². The highest BCUT2D eigenvalue weighted by atomic mass is 19.4. The number of ether oxygens (including phenoxy) is 2.